The van der Waals surface area contributed by atoms with E-state index in [9.17, 15) is 4.79 Å². The van der Waals surface area contributed by atoms with Gasteiger partial charge in [0.2, 0.25) is 0 Å². The van der Waals surface area contributed by atoms with Gasteiger partial charge in [-0.1, -0.05) is 72.8 Å². The third kappa shape index (κ3) is 4.30. The van der Waals surface area contributed by atoms with Gasteiger partial charge in [-0.25, -0.2) is 9.97 Å². The second-order valence-electron chi connectivity index (χ2n) is 8.02. The van der Waals surface area contributed by atoms with E-state index in [2.05, 4.69) is 22.4 Å². The normalized spacial score (nSPS) is 12.1. The summed E-state index contributed by atoms with van der Waals surface area (Å²) >= 11 is 1.45. The van der Waals surface area contributed by atoms with Gasteiger partial charge in [-0.15, -0.1) is 11.3 Å². The van der Waals surface area contributed by atoms with Crippen LogP contribution in [0.5, 0.6) is 0 Å². The van der Waals surface area contributed by atoms with Crippen molar-refractivity contribution in [3.63, 3.8) is 0 Å². The van der Waals surface area contributed by atoms with Crippen molar-refractivity contribution in [1.29, 1.82) is 0 Å². The standard InChI is InChI=1S/C27H24N4OS/c1-18-25(33-23(28-18)17-19-11-5-3-6-12-19)27(32)30-24(20-13-7-4-8-14-20)26-29-21-15-9-10-16-22(21)31(26)2/h3-16,24H,17H2,1-2H3,(H,30,32). The van der Waals surface area contributed by atoms with Crippen LogP contribution in [0.2, 0.25) is 0 Å². The molecule has 0 saturated carbocycles. The predicted octanol–water partition coefficient (Wildman–Crippen LogP) is 5.45. The lowest BCUT2D eigenvalue weighted by atomic mass is 10.1. The molecule has 0 aliphatic heterocycles. The summed E-state index contributed by atoms with van der Waals surface area (Å²) in [6.45, 7) is 1.90. The van der Waals surface area contributed by atoms with Gasteiger partial charge in [0.1, 0.15) is 16.7 Å². The number of imidazole rings is 1. The maximum atomic E-state index is 13.4. The average molecular weight is 453 g/mol. The van der Waals surface area contributed by atoms with Gasteiger partial charge < -0.3 is 9.88 Å². The molecule has 0 aliphatic rings. The lowest BCUT2D eigenvalue weighted by Gasteiger charge is -2.19. The Morgan fingerprint density at radius 1 is 0.939 bits per heavy atom. The van der Waals surface area contributed by atoms with Gasteiger partial charge in [-0.3, -0.25) is 4.79 Å². The maximum absolute atomic E-state index is 13.4. The molecule has 5 rings (SSSR count). The van der Waals surface area contributed by atoms with Crippen molar-refractivity contribution < 1.29 is 4.79 Å². The molecule has 0 radical (unpaired) electrons. The highest BCUT2D eigenvalue weighted by Gasteiger charge is 2.25. The highest BCUT2D eigenvalue weighted by molar-refractivity contribution is 7.13. The third-order valence-electron chi connectivity index (χ3n) is 5.73. The van der Waals surface area contributed by atoms with Crippen LogP contribution in [0.3, 0.4) is 0 Å². The molecule has 5 aromatic rings. The van der Waals surface area contributed by atoms with Crippen LogP contribution in [0, 0.1) is 6.92 Å². The number of carbonyl (C=O) groups is 1. The summed E-state index contributed by atoms with van der Waals surface area (Å²) in [6, 6.07) is 27.8. The first-order valence-electron chi connectivity index (χ1n) is 10.9. The largest absolute Gasteiger partial charge is 0.337 e. The number of para-hydroxylation sites is 2. The molecule has 1 unspecified atom stereocenters. The molecular formula is C27H24N4OS. The number of aryl methyl sites for hydroxylation is 2. The summed E-state index contributed by atoms with van der Waals surface area (Å²) < 4.78 is 2.05. The van der Waals surface area contributed by atoms with Crippen molar-refractivity contribution in [2.24, 2.45) is 7.05 Å². The van der Waals surface area contributed by atoms with Crippen LogP contribution < -0.4 is 5.32 Å². The van der Waals surface area contributed by atoms with Gasteiger partial charge in [0.25, 0.3) is 5.91 Å². The number of amides is 1. The second kappa shape index (κ2) is 9.00. The number of benzene rings is 3. The summed E-state index contributed by atoms with van der Waals surface area (Å²) in [4.78, 5) is 23.6. The summed E-state index contributed by atoms with van der Waals surface area (Å²) in [5.74, 6) is 0.660. The molecule has 5 nitrogen and oxygen atoms in total. The average Bonchev–Trinajstić information content (AvgIpc) is 3.38. The molecule has 2 heterocycles. The van der Waals surface area contributed by atoms with Gasteiger partial charge in [-0.05, 0) is 30.2 Å². The molecule has 1 amide bonds. The zero-order valence-corrected chi connectivity index (χ0v) is 19.3. The van der Waals surface area contributed by atoms with Crippen molar-refractivity contribution in [3.8, 4) is 0 Å². The van der Waals surface area contributed by atoms with E-state index in [0.717, 1.165) is 33.1 Å². The maximum Gasteiger partial charge on any atom is 0.264 e. The van der Waals surface area contributed by atoms with Gasteiger partial charge in [0.05, 0.1) is 21.7 Å². The van der Waals surface area contributed by atoms with E-state index in [1.165, 1.54) is 16.9 Å². The molecule has 1 atom stereocenters. The molecule has 0 spiro atoms. The van der Waals surface area contributed by atoms with Crippen molar-refractivity contribution in [2.75, 3.05) is 0 Å². The Kier molecular flexibility index (Phi) is 5.75. The number of aromatic nitrogens is 3. The fraction of sp³-hybridized carbons (Fsp3) is 0.148. The highest BCUT2D eigenvalue weighted by atomic mass is 32.1. The molecule has 3 aromatic carbocycles. The number of carbonyl (C=O) groups excluding carboxylic acids is 1. The van der Waals surface area contributed by atoms with Crippen molar-refractivity contribution >= 4 is 28.3 Å². The lowest BCUT2D eigenvalue weighted by Crippen LogP contribution is -2.31. The topological polar surface area (TPSA) is 59.8 Å². The molecule has 2 aromatic heterocycles. The fourth-order valence-corrected chi connectivity index (χ4v) is 5.07. The quantitative estimate of drug-likeness (QED) is 0.373. The number of thiazole rings is 1. The zero-order valence-electron chi connectivity index (χ0n) is 18.5. The van der Waals surface area contributed by atoms with Crippen LogP contribution in [-0.2, 0) is 13.5 Å². The van der Waals surface area contributed by atoms with Crippen LogP contribution in [0.4, 0.5) is 0 Å². The number of nitrogens with one attached hydrogen (secondary N) is 1. The molecule has 0 saturated heterocycles. The summed E-state index contributed by atoms with van der Waals surface area (Å²) in [6.07, 6.45) is 0.715. The Morgan fingerprint density at radius 2 is 1.61 bits per heavy atom. The summed E-state index contributed by atoms with van der Waals surface area (Å²) in [5.41, 5.74) is 4.85. The number of rotatable bonds is 6. The minimum Gasteiger partial charge on any atom is -0.337 e. The molecule has 0 bridgehead atoms. The Morgan fingerprint density at radius 3 is 2.33 bits per heavy atom. The molecule has 33 heavy (non-hydrogen) atoms. The van der Waals surface area contributed by atoms with E-state index in [-0.39, 0.29) is 11.9 Å². The Bertz CT molecular complexity index is 1410. The van der Waals surface area contributed by atoms with Crippen LogP contribution in [0.1, 0.15) is 43.4 Å². The summed E-state index contributed by atoms with van der Waals surface area (Å²) in [5, 5.41) is 4.17. The lowest BCUT2D eigenvalue weighted by molar-refractivity contribution is 0.0944. The number of hydrogen-bond donors (Lipinski definition) is 1. The molecule has 164 valence electrons. The third-order valence-corrected chi connectivity index (χ3v) is 6.89. The first-order valence-corrected chi connectivity index (χ1v) is 11.7. The fourth-order valence-electron chi connectivity index (χ4n) is 4.07. The Labute approximate surface area is 196 Å². The van der Waals surface area contributed by atoms with E-state index in [4.69, 9.17) is 4.98 Å². The Balaban J connectivity index is 1.47. The minimum atomic E-state index is -0.379. The highest BCUT2D eigenvalue weighted by Crippen LogP contribution is 2.27. The van der Waals surface area contributed by atoms with E-state index in [1.54, 1.807) is 0 Å². The molecular weight excluding hydrogens is 428 g/mol. The number of fused-ring (bicyclic) bond motifs is 1. The minimum absolute atomic E-state index is 0.134. The predicted molar refractivity (Wildman–Crippen MR) is 133 cm³/mol. The zero-order chi connectivity index (χ0) is 22.8. The van der Waals surface area contributed by atoms with Gasteiger partial charge in [-0.2, -0.15) is 0 Å². The van der Waals surface area contributed by atoms with Gasteiger partial charge in [0, 0.05) is 13.5 Å². The molecule has 0 fully saturated rings. The summed E-state index contributed by atoms with van der Waals surface area (Å²) in [7, 11) is 1.99. The number of nitrogens with zero attached hydrogens (tertiary/aromatic N) is 3. The molecule has 0 aliphatic carbocycles. The van der Waals surface area contributed by atoms with Gasteiger partial charge in [0.15, 0.2) is 0 Å². The van der Waals surface area contributed by atoms with Crippen LogP contribution in [0.25, 0.3) is 11.0 Å². The van der Waals surface area contributed by atoms with Crippen molar-refractivity contribution in [3.05, 3.63) is 117 Å². The van der Waals surface area contributed by atoms with Gasteiger partial charge >= 0.3 is 0 Å². The van der Waals surface area contributed by atoms with Crippen LogP contribution >= 0.6 is 11.3 Å². The van der Waals surface area contributed by atoms with E-state index in [1.807, 2.05) is 91.3 Å². The van der Waals surface area contributed by atoms with Crippen molar-refractivity contribution in [2.45, 2.75) is 19.4 Å². The smallest absolute Gasteiger partial charge is 0.264 e. The monoisotopic (exact) mass is 452 g/mol. The van der Waals surface area contributed by atoms with Crippen LogP contribution in [-0.4, -0.2) is 20.4 Å². The van der Waals surface area contributed by atoms with Crippen molar-refractivity contribution in [1.82, 2.24) is 19.9 Å². The Hall–Kier alpha value is -3.77. The first-order chi connectivity index (χ1) is 16.1. The first kappa shape index (κ1) is 21.1. The second-order valence-corrected chi connectivity index (χ2v) is 9.10. The SMILES string of the molecule is Cc1nc(Cc2ccccc2)sc1C(=O)NC(c1ccccc1)c1nc2ccccc2n1C. The molecule has 1 N–H and O–H groups in total. The van der Waals surface area contributed by atoms with E-state index < -0.39 is 0 Å². The van der Waals surface area contributed by atoms with Crippen LogP contribution in [0.15, 0.2) is 84.9 Å². The van der Waals surface area contributed by atoms with E-state index in [0.29, 0.717) is 11.3 Å². The van der Waals surface area contributed by atoms with E-state index >= 15 is 0 Å². The molecule has 6 heteroatoms. The number of hydrogen-bond acceptors (Lipinski definition) is 4.